The van der Waals surface area contributed by atoms with Crippen molar-refractivity contribution in [3.05, 3.63) is 22.4 Å². The molecule has 2 heteroatoms. The van der Waals surface area contributed by atoms with Gasteiger partial charge in [0.2, 0.25) is 0 Å². The minimum absolute atomic E-state index is 0.746. The lowest BCUT2D eigenvalue weighted by Crippen LogP contribution is -1.96. The van der Waals surface area contributed by atoms with Gasteiger partial charge in [-0.2, -0.15) is 0 Å². The third-order valence-electron chi connectivity index (χ3n) is 2.37. The summed E-state index contributed by atoms with van der Waals surface area (Å²) in [5.41, 5.74) is 0. The lowest BCUT2D eigenvalue weighted by Gasteiger charge is -2.06. The molecular weight excluding hydrogens is 256 g/mol. The summed E-state index contributed by atoms with van der Waals surface area (Å²) in [5, 5.41) is 2.17. The first kappa shape index (κ1) is 12.3. The summed E-state index contributed by atoms with van der Waals surface area (Å²) >= 11 is 5.60. The summed E-state index contributed by atoms with van der Waals surface area (Å²) in [6.45, 7) is 2.25. The normalized spacial score (nSPS) is 13.0. The maximum absolute atomic E-state index is 3.72. The molecule has 0 aromatic carbocycles. The van der Waals surface area contributed by atoms with Crippen LogP contribution in [-0.4, -0.2) is 4.83 Å². The molecule has 1 unspecified atom stereocenters. The van der Waals surface area contributed by atoms with Crippen LogP contribution in [0.15, 0.2) is 17.5 Å². The quantitative estimate of drug-likeness (QED) is 0.484. The van der Waals surface area contributed by atoms with E-state index in [9.17, 15) is 0 Å². The van der Waals surface area contributed by atoms with Crippen LogP contribution in [0.2, 0.25) is 0 Å². The molecule has 0 saturated carbocycles. The lowest BCUT2D eigenvalue weighted by atomic mass is 10.1. The number of alkyl halides is 1. The highest BCUT2D eigenvalue weighted by Crippen LogP contribution is 2.18. The molecule has 0 amide bonds. The van der Waals surface area contributed by atoms with Gasteiger partial charge in [0.25, 0.3) is 0 Å². The third-order valence-corrected chi connectivity index (χ3v) is 4.22. The molecule has 0 nitrogen and oxygen atoms in total. The predicted molar refractivity (Wildman–Crippen MR) is 69.5 cm³/mol. The van der Waals surface area contributed by atoms with Crippen LogP contribution >= 0.6 is 27.3 Å². The fraction of sp³-hybridized carbons (Fsp3) is 0.667. The zero-order valence-electron chi connectivity index (χ0n) is 8.84. The molecule has 0 saturated heterocycles. The Morgan fingerprint density at radius 1 is 1.36 bits per heavy atom. The molecule has 0 aliphatic carbocycles. The van der Waals surface area contributed by atoms with Crippen LogP contribution in [0.25, 0.3) is 0 Å². The Balaban J connectivity index is 1.99. The summed E-state index contributed by atoms with van der Waals surface area (Å²) in [6.07, 6.45) is 7.91. The van der Waals surface area contributed by atoms with E-state index in [0.29, 0.717) is 0 Å². The number of aryl methyl sites for hydroxylation is 1. The fourth-order valence-corrected chi connectivity index (χ4v) is 3.11. The Morgan fingerprint density at radius 3 is 2.86 bits per heavy atom. The van der Waals surface area contributed by atoms with Crippen molar-refractivity contribution in [3.8, 4) is 0 Å². The molecule has 0 aliphatic heterocycles. The molecular formula is C12H19BrS. The van der Waals surface area contributed by atoms with E-state index in [1.54, 1.807) is 0 Å². The van der Waals surface area contributed by atoms with E-state index in [1.165, 1.54) is 43.4 Å². The average molecular weight is 275 g/mol. The van der Waals surface area contributed by atoms with E-state index in [4.69, 9.17) is 0 Å². The molecule has 0 N–H and O–H groups in total. The molecule has 0 aliphatic rings. The van der Waals surface area contributed by atoms with Crippen molar-refractivity contribution in [2.24, 2.45) is 0 Å². The number of unbranched alkanes of at least 4 members (excludes halogenated alkanes) is 1. The van der Waals surface area contributed by atoms with Crippen molar-refractivity contribution < 1.29 is 0 Å². The topological polar surface area (TPSA) is 0 Å². The molecule has 1 aromatic heterocycles. The first-order valence-corrected chi connectivity index (χ1v) is 7.29. The van der Waals surface area contributed by atoms with E-state index in [1.807, 2.05) is 11.3 Å². The molecule has 1 heterocycles. The number of rotatable bonds is 7. The Bertz CT molecular complexity index is 218. The minimum Gasteiger partial charge on any atom is -0.149 e. The van der Waals surface area contributed by atoms with Gasteiger partial charge < -0.3 is 0 Å². The maximum Gasteiger partial charge on any atom is 0.0145 e. The van der Waals surface area contributed by atoms with Crippen molar-refractivity contribution in [2.45, 2.75) is 50.3 Å². The first-order chi connectivity index (χ1) is 6.83. The van der Waals surface area contributed by atoms with Gasteiger partial charge in [-0.15, -0.1) is 11.3 Å². The van der Waals surface area contributed by atoms with E-state index < -0.39 is 0 Å². The SMILES string of the molecule is CCCC(Br)CCCCc1cccs1. The zero-order valence-corrected chi connectivity index (χ0v) is 11.2. The van der Waals surface area contributed by atoms with Crippen LogP contribution in [0.1, 0.15) is 43.9 Å². The lowest BCUT2D eigenvalue weighted by molar-refractivity contribution is 0.628. The highest BCUT2D eigenvalue weighted by atomic mass is 79.9. The molecule has 1 aromatic rings. The summed E-state index contributed by atoms with van der Waals surface area (Å²) in [6, 6.07) is 4.38. The summed E-state index contributed by atoms with van der Waals surface area (Å²) < 4.78 is 0. The van der Waals surface area contributed by atoms with Crippen LogP contribution in [0, 0.1) is 0 Å². The molecule has 0 radical (unpaired) electrons. The van der Waals surface area contributed by atoms with Gasteiger partial charge in [0.15, 0.2) is 0 Å². The highest BCUT2D eigenvalue weighted by Gasteiger charge is 2.02. The van der Waals surface area contributed by atoms with Crippen molar-refractivity contribution >= 4 is 27.3 Å². The average Bonchev–Trinajstić information content (AvgIpc) is 2.65. The number of hydrogen-bond acceptors (Lipinski definition) is 1. The van der Waals surface area contributed by atoms with Gasteiger partial charge in [0.05, 0.1) is 0 Å². The number of halogens is 1. The Hall–Kier alpha value is 0.180. The molecule has 1 atom stereocenters. The second-order valence-electron chi connectivity index (χ2n) is 3.71. The van der Waals surface area contributed by atoms with E-state index in [0.717, 1.165) is 4.83 Å². The summed E-state index contributed by atoms with van der Waals surface area (Å²) in [7, 11) is 0. The molecule has 14 heavy (non-hydrogen) atoms. The molecule has 0 spiro atoms. The van der Waals surface area contributed by atoms with Gasteiger partial charge in [0, 0.05) is 9.70 Å². The van der Waals surface area contributed by atoms with Crippen molar-refractivity contribution in [1.82, 2.24) is 0 Å². The van der Waals surface area contributed by atoms with Gasteiger partial charge in [-0.05, 0) is 37.1 Å². The second kappa shape index (κ2) is 7.47. The third kappa shape index (κ3) is 5.16. The second-order valence-corrected chi connectivity index (χ2v) is 6.04. The number of thiophene rings is 1. The monoisotopic (exact) mass is 274 g/mol. The van der Waals surface area contributed by atoms with Crippen LogP contribution < -0.4 is 0 Å². The van der Waals surface area contributed by atoms with Crippen molar-refractivity contribution in [3.63, 3.8) is 0 Å². The van der Waals surface area contributed by atoms with Crippen LogP contribution in [-0.2, 0) is 6.42 Å². The summed E-state index contributed by atoms with van der Waals surface area (Å²) in [4.78, 5) is 2.28. The van der Waals surface area contributed by atoms with E-state index in [-0.39, 0.29) is 0 Å². The van der Waals surface area contributed by atoms with Crippen LogP contribution in [0.5, 0.6) is 0 Å². The van der Waals surface area contributed by atoms with Gasteiger partial charge >= 0.3 is 0 Å². The maximum atomic E-state index is 3.72. The van der Waals surface area contributed by atoms with E-state index in [2.05, 4.69) is 40.4 Å². The summed E-state index contributed by atoms with van der Waals surface area (Å²) in [5.74, 6) is 0. The molecule has 1 rings (SSSR count). The van der Waals surface area contributed by atoms with Crippen molar-refractivity contribution in [2.75, 3.05) is 0 Å². The van der Waals surface area contributed by atoms with Crippen LogP contribution in [0.4, 0.5) is 0 Å². The first-order valence-electron chi connectivity index (χ1n) is 5.49. The number of hydrogen-bond donors (Lipinski definition) is 0. The minimum atomic E-state index is 0.746. The zero-order chi connectivity index (χ0) is 10.2. The van der Waals surface area contributed by atoms with Crippen molar-refractivity contribution in [1.29, 1.82) is 0 Å². The molecule has 0 fully saturated rings. The Labute approximate surface area is 99.9 Å². The van der Waals surface area contributed by atoms with Crippen LogP contribution in [0.3, 0.4) is 0 Å². The largest absolute Gasteiger partial charge is 0.149 e. The van der Waals surface area contributed by atoms with Gasteiger partial charge in [-0.3, -0.25) is 0 Å². The molecule has 80 valence electrons. The van der Waals surface area contributed by atoms with Gasteiger partial charge in [-0.1, -0.05) is 41.8 Å². The highest BCUT2D eigenvalue weighted by molar-refractivity contribution is 9.09. The Morgan fingerprint density at radius 2 is 2.21 bits per heavy atom. The standard InChI is InChI=1S/C12H19BrS/c1-2-6-11(13)7-3-4-8-12-9-5-10-14-12/h5,9-11H,2-4,6-8H2,1H3. The fourth-order valence-electron chi connectivity index (χ4n) is 1.58. The smallest absolute Gasteiger partial charge is 0.0145 e. The Kier molecular flexibility index (Phi) is 6.54. The van der Waals surface area contributed by atoms with Gasteiger partial charge in [0.1, 0.15) is 0 Å². The van der Waals surface area contributed by atoms with Gasteiger partial charge in [-0.25, -0.2) is 0 Å². The predicted octanol–water partition coefficient (Wildman–Crippen LogP) is 5.02. The van der Waals surface area contributed by atoms with E-state index >= 15 is 0 Å². The molecule has 0 bridgehead atoms.